The summed E-state index contributed by atoms with van der Waals surface area (Å²) in [6, 6.07) is 13.2. The SMILES string of the molecule is O=C(CC[CH-][N+](=O)[O-])c1ccc2ccccc2c1. The molecule has 0 aliphatic heterocycles. The van der Waals surface area contributed by atoms with Crippen LogP contribution in [0.1, 0.15) is 23.2 Å². The second kappa shape index (κ2) is 5.31. The maximum Gasteiger partial charge on any atom is 0.160 e. The highest BCUT2D eigenvalue weighted by atomic mass is 16.6. The summed E-state index contributed by atoms with van der Waals surface area (Å²) in [7, 11) is 0. The van der Waals surface area contributed by atoms with Crippen LogP contribution >= 0.6 is 0 Å². The van der Waals surface area contributed by atoms with Gasteiger partial charge in [0, 0.05) is 5.56 Å². The first-order valence-corrected chi connectivity index (χ1v) is 5.65. The number of ketones is 1. The first-order chi connectivity index (χ1) is 8.66. The molecule has 0 saturated heterocycles. The average molecular weight is 242 g/mol. The van der Waals surface area contributed by atoms with E-state index in [9.17, 15) is 14.9 Å². The first-order valence-electron chi connectivity index (χ1n) is 5.65. The van der Waals surface area contributed by atoms with Gasteiger partial charge in [0.15, 0.2) is 5.78 Å². The number of rotatable bonds is 5. The van der Waals surface area contributed by atoms with Crippen molar-refractivity contribution in [2.45, 2.75) is 12.8 Å². The van der Waals surface area contributed by atoms with Crippen LogP contribution in [-0.4, -0.2) is 10.7 Å². The molecule has 92 valence electrons. The molecule has 0 unspecified atom stereocenters. The van der Waals surface area contributed by atoms with E-state index in [2.05, 4.69) is 0 Å². The fourth-order valence-corrected chi connectivity index (χ4v) is 1.81. The zero-order chi connectivity index (χ0) is 13.0. The van der Waals surface area contributed by atoms with Gasteiger partial charge in [0.1, 0.15) is 0 Å². The largest absolute Gasteiger partial charge is 0.295 e. The monoisotopic (exact) mass is 242 g/mol. The Bertz CT molecular complexity index is 592. The highest BCUT2D eigenvalue weighted by molar-refractivity contribution is 5.99. The quantitative estimate of drug-likeness (QED) is 0.350. The van der Waals surface area contributed by atoms with Crippen LogP contribution < -0.4 is 0 Å². The van der Waals surface area contributed by atoms with Crippen molar-refractivity contribution in [2.75, 3.05) is 0 Å². The molecule has 0 heterocycles. The lowest BCUT2D eigenvalue weighted by molar-refractivity contribution is -0.437. The van der Waals surface area contributed by atoms with Gasteiger partial charge < -0.3 is 0 Å². The van der Waals surface area contributed by atoms with Crippen molar-refractivity contribution in [3.8, 4) is 0 Å². The van der Waals surface area contributed by atoms with Crippen molar-refractivity contribution >= 4 is 16.6 Å². The summed E-state index contributed by atoms with van der Waals surface area (Å²) < 4.78 is 0. The molecular formula is C14H12NO3-. The van der Waals surface area contributed by atoms with E-state index in [-0.39, 0.29) is 18.6 Å². The van der Waals surface area contributed by atoms with Gasteiger partial charge in [-0.15, -0.1) is 4.92 Å². The molecule has 0 aliphatic rings. The van der Waals surface area contributed by atoms with E-state index in [0.29, 0.717) is 5.56 Å². The van der Waals surface area contributed by atoms with Crippen LogP contribution in [0.5, 0.6) is 0 Å². The Hall–Kier alpha value is -2.36. The van der Waals surface area contributed by atoms with E-state index in [1.54, 1.807) is 6.07 Å². The number of nitrogens with zero attached hydrogens (tertiary/aromatic N) is 1. The topological polar surface area (TPSA) is 60.2 Å². The molecule has 4 heteroatoms. The van der Waals surface area contributed by atoms with Crippen LogP contribution in [0.4, 0.5) is 0 Å². The maximum absolute atomic E-state index is 11.8. The van der Waals surface area contributed by atoms with Crippen LogP contribution in [0.2, 0.25) is 0 Å². The Labute approximate surface area is 104 Å². The summed E-state index contributed by atoms with van der Waals surface area (Å²) in [5.74, 6) is -0.0705. The predicted molar refractivity (Wildman–Crippen MR) is 68.8 cm³/mol. The molecule has 0 saturated carbocycles. The van der Waals surface area contributed by atoms with E-state index in [1.807, 2.05) is 36.4 Å². The van der Waals surface area contributed by atoms with Crippen LogP contribution in [0.3, 0.4) is 0 Å². The number of carbonyl (C=O) groups is 1. The van der Waals surface area contributed by atoms with Gasteiger partial charge in [-0.2, -0.15) is 0 Å². The fraction of sp³-hybridized carbons (Fsp3) is 0.143. The third kappa shape index (κ3) is 2.85. The van der Waals surface area contributed by atoms with E-state index < -0.39 is 4.92 Å². The summed E-state index contributed by atoms with van der Waals surface area (Å²) in [5.41, 5.74) is 0.602. The summed E-state index contributed by atoms with van der Waals surface area (Å²) in [4.78, 5) is 21.4. The Kier molecular flexibility index (Phi) is 3.57. The highest BCUT2D eigenvalue weighted by Gasteiger charge is 2.05. The number of hydrogen-bond acceptors (Lipinski definition) is 3. The van der Waals surface area contributed by atoms with Crippen LogP contribution in [-0.2, 0) is 0 Å². The van der Waals surface area contributed by atoms with Crippen molar-refractivity contribution in [2.24, 2.45) is 0 Å². The van der Waals surface area contributed by atoms with Crippen LogP contribution in [0.15, 0.2) is 42.5 Å². The van der Waals surface area contributed by atoms with Gasteiger partial charge in [0.2, 0.25) is 0 Å². The summed E-state index contributed by atoms with van der Waals surface area (Å²) in [6.07, 6.45) is 0.331. The van der Waals surface area contributed by atoms with E-state index >= 15 is 0 Å². The minimum absolute atomic E-state index is 0.0705. The van der Waals surface area contributed by atoms with Crippen molar-refractivity contribution in [3.63, 3.8) is 0 Å². The minimum Gasteiger partial charge on any atom is -0.295 e. The first kappa shape index (κ1) is 12.1. The second-order valence-electron chi connectivity index (χ2n) is 3.99. The molecule has 0 radical (unpaired) electrons. The molecule has 2 aromatic rings. The Morgan fingerprint density at radius 1 is 1.17 bits per heavy atom. The summed E-state index contributed by atoms with van der Waals surface area (Å²) in [6.45, 7) is 0.916. The fourth-order valence-electron chi connectivity index (χ4n) is 1.81. The molecule has 0 aliphatic carbocycles. The third-order valence-corrected chi connectivity index (χ3v) is 2.72. The molecule has 0 spiro atoms. The molecule has 18 heavy (non-hydrogen) atoms. The molecule has 0 atom stereocenters. The lowest BCUT2D eigenvalue weighted by atomic mass is 10.0. The molecular weight excluding hydrogens is 230 g/mol. The van der Waals surface area contributed by atoms with Crippen molar-refractivity contribution in [1.82, 2.24) is 0 Å². The standard InChI is InChI=1S/C14H12NO3/c16-14(6-3-9-15(17)18)13-8-7-11-4-1-2-5-12(11)10-13/h1-2,4-5,7-10H,3,6H2/q-1. The van der Waals surface area contributed by atoms with Gasteiger partial charge in [0.05, 0.1) is 0 Å². The molecule has 0 aromatic heterocycles. The van der Waals surface area contributed by atoms with Gasteiger partial charge in [-0.25, -0.2) is 0 Å². The molecule has 0 N–H and O–H groups in total. The normalized spacial score (nSPS) is 10.2. The Morgan fingerprint density at radius 2 is 1.89 bits per heavy atom. The number of benzene rings is 2. The van der Waals surface area contributed by atoms with Gasteiger partial charge in [-0.3, -0.25) is 14.9 Å². The Balaban J connectivity index is 2.10. The zero-order valence-corrected chi connectivity index (χ0v) is 9.70. The molecule has 2 aromatic carbocycles. The van der Waals surface area contributed by atoms with Crippen molar-refractivity contribution < 1.29 is 9.72 Å². The number of nitro groups is 1. The molecule has 0 bridgehead atoms. The van der Waals surface area contributed by atoms with Crippen molar-refractivity contribution in [3.05, 3.63) is 64.7 Å². The molecule has 0 fully saturated rings. The molecule has 4 nitrogen and oxygen atoms in total. The van der Waals surface area contributed by atoms with Gasteiger partial charge in [-0.1, -0.05) is 49.4 Å². The van der Waals surface area contributed by atoms with Crippen LogP contribution in [0.25, 0.3) is 10.8 Å². The lowest BCUT2D eigenvalue weighted by Crippen LogP contribution is -2.01. The Morgan fingerprint density at radius 3 is 2.61 bits per heavy atom. The number of hydrogen-bond donors (Lipinski definition) is 0. The van der Waals surface area contributed by atoms with Gasteiger partial charge in [0.25, 0.3) is 0 Å². The van der Waals surface area contributed by atoms with Crippen LogP contribution in [0, 0.1) is 16.7 Å². The zero-order valence-electron chi connectivity index (χ0n) is 9.70. The highest BCUT2D eigenvalue weighted by Crippen LogP contribution is 2.17. The molecule has 2 rings (SSSR count). The summed E-state index contributed by atoms with van der Waals surface area (Å²) in [5, 5.41) is 12.2. The smallest absolute Gasteiger partial charge is 0.160 e. The average Bonchev–Trinajstić information content (AvgIpc) is 2.37. The molecule has 0 amide bonds. The minimum atomic E-state index is -0.520. The third-order valence-electron chi connectivity index (χ3n) is 2.72. The number of carbonyl (C=O) groups excluding carboxylic acids is 1. The number of Topliss-reactive ketones (excluding diaryl/α,β-unsaturated/α-hetero) is 1. The van der Waals surface area contributed by atoms with E-state index in [4.69, 9.17) is 0 Å². The maximum atomic E-state index is 11.8. The predicted octanol–water partition coefficient (Wildman–Crippen LogP) is 3.24. The van der Waals surface area contributed by atoms with Gasteiger partial charge in [-0.05, 0) is 23.3 Å². The second-order valence-corrected chi connectivity index (χ2v) is 3.99. The number of fused-ring (bicyclic) bond motifs is 1. The van der Waals surface area contributed by atoms with E-state index in [1.165, 1.54) is 0 Å². The van der Waals surface area contributed by atoms with Crippen molar-refractivity contribution in [1.29, 1.82) is 0 Å². The lowest BCUT2D eigenvalue weighted by Gasteiger charge is -2.05. The van der Waals surface area contributed by atoms with Gasteiger partial charge >= 0.3 is 0 Å². The van der Waals surface area contributed by atoms with E-state index in [0.717, 1.165) is 17.3 Å². The summed E-state index contributed by atoms with van der Waals surface area (Å²) >= 11 is 0.